The number of hydrogen-bond acceptors (Lipinski definition) is 3. The van der Waals surface area contributed by atoms with Crippen LogP contribution in [0.4, 0.5) is 5.69 Å². The molecule has 0 radical (unpaired) electrons. The maximum atomic E-state index is 12.9. The van der Waals surface area contributed by atoms with Gasteiger partial charge in [-0.2, -0.15) is 0 Å². The molecule has 1 N–H and O–H groups in total. The zero-order chi connectivity index (χ0) is 18.6. The average molecular weight is 360 g/mol. The molecule has 0 aliphatic rings. The van der Waals surface area contributed by atoms with Crippen LogP contribution < -0.4 is 9.62 Å². The number of anilines is 1. The van der Waals surface area contributed by atoms with Crippen molar-refractivity contribution in [3.05, 3.63) is 59.7 Å². The maximum Gasteiger partial charge on any atom is 0.264 e. The van der Waals surface area contributed by atoms with Gasteiger partial charge in [-0.25, -0.2) is 8.42 Å². The second-order valence-electron chi connectivity index (χ2n) is 6.12. The Balaban J connectivity index is 2.32. The van der Waals surface area contributed by atoms with E-state index in [9.17, 15) is 13.2 Å². The van der Waals surface area contributed by atoms with Gasteiger partial charge in [-0.3, -0.25) is 9.10 Å². The van der Waals surface area contributed by atoms with E-state index < -0.39 is 10.0 Å². The van der Waals surface area contributed by atoms with Crippen LogP contribution in [-0.4, -0.2) is 27.4 Å². The van der Waals surface area contributed by atoms with Crippen LogP contribution in [0.5, 0.6) is 0 Å². The van der Waals surface area contributed by atoms with E-state index in [0.29, 0.717) is 11.3 Å². The van der Waals surface area contributed by atoms with Gasteiger partial charge < -0.3 is 5.32 Å². The number of amides is 1. The van der Waals surface area contributed by atoms with Crippen molar-refractivity contribution in [2.45, 2.75) is 38.1 Å². The third-order valence-corrected chi connectivity index (χ3v) is 5.92. The lowest BCUT2D eigenvalue weighted by atomic mass is 10.2. The second kappa shape index (κ2) is 7.70. The first-order chi connectivity index (χ1) is 11.8. The van der Waals surface area contributed by atoms with Gasteiger partial charge in [0.05, 0.1) is 10.6 Å². The Morgan fingerprint density at radius 1 is 1.16 bits per heavy atom. The molecule has 1 atom stereocenters. The molecular formula is C19H24N2O3S. The van der Waals surface area contributed by atoms with Gasteiger partial charge in [-0.15, -0.1) is 0 Å². The summed E-state index contributed by atoms with van der Waals surface area (Å²) in [5.74, 6) is -0.274. The maximum absolute atomic E-state index is 12.9. The number of sulfonamides is 1. The number of benzene rings is 2. The summed E-state index contributed by atoms with van der Waals surface area (Å²) in [5, 5.41) is 2.84. The molecule has 0 aliphatic carbocycles. The Morgan fingerprint density at radius 3 is 2.40 bits per heavy atom. The summed E-state index contributed by atoms with van der Waals surface area (Å²) in [6.07, 6.45) is 0.805. The molecule has 0 heterocycles. The number of nitrogens with zero attached hydrogens (tertiary/aromatic N) is 1. The van der Waals surface area contributed by atoms with Gasteiger partial charge in [0, 0.05) is 18.7 Å². The largest absolute Gasteiger partial charge is 0.350 e. The Morgan fingerprint density at radius 2 is 1.80 bits per heavy atom. The molecule has 1 unspecified atom stereocenters. The van der Waals surface area contributed by atoms with Crippen LogP contribution in [0.1, 0.15) is 36.2 Å². The predicted molar refractivity (Wildman–Crippen MR) is 100 cm³/mol. The van der Waals surface area contributed by atoms with Crippen molar-refractivity contribution in [2.24, 2.45) is 0 Å². The van der Waals surface area contributed by atoms with Crippen LogP contribution in [0.15, 0.2) is 53.4 Å². The van der Waals surface area contributed by atoms with E-state index in [-0.39, 0.29) is 16.8 Å². The first-order valence-electron chi connectivity index (χ1n) is 8.22. The molecule has 2 rings (SSSR count). The summed E-state index contributed by atoms with van der Waals surface area (Å²) in [5.41, 5.74) is 1.96. The first kappa shape index (κ1) is 19.0. The highest BCUT2D eigenvalue weighted by Crippen LogP contribution is 2.23. The summed E-state index contributed by atoms with van der Waals surface area (Å²) in [4.78, 5) is 12.3. The highest BCUT2D eigenvalue weighted by Gasteiger charge is 2.22. The number of carbonyl (C=O) groups excluding carboxylic acids is 1. The highest BCUT2D eigenvalue weighted by atomic mass is 32.2. The molecule has 25 heavy (non-hydrogen) atoms. The Kier molecular flexibility index (Phi) is 5.85. The number of aryl methyl sites for hydroxylation is 1. The van der Waals surface area contributed by atoms with Gasteiger partial charge in [0.2, 0.25) is 0 Å². The lowest BCUT2D eigenvalue weighted by Crippen LogP contribution is -2.32. The number of rotatable bonds is 6. The molecule has 6 heteroatoms. The zero-order valence-electron chi connectivity index (χ0n) is 15.0. The third kappa shape index (κ3) is 4.39. The number of carbonyl (C=O) groups is 1. The normalized spacial score (nSPS) is 12.5. The van der Waals surface area contributed by atoms with E-state index in [1.165, 1.54) is 23.5 Å². The van der Waals surface area contributed by atoms with Gasteiger partial charge >= 0.3 is 0 Å². The van der Waals surface area contributed by atoms with E-state index in [0.717, 1.165) is 12.0 Å². The standard InChI is InChI=1S/C19H24N2O3S/c1-5-15(3)20-19(22)16-7-6-8-18(13-16)25(23,24)21(4)17-11-9-14(2)10-12-17/h6-13,15H,5H2,1-4H3,(H,20,22). The van der Waals surface area contributed by atoms with Crippen LogP contribution in [0.25, 0.3) is 0 Å². The van der Waals surface area contributed by atoms with Crippen molar-refractivity contribution < 1.29 is 13.2 Å². The molecule has 0 spiro atoms. The van der Waals surface area contributed by atoms with E-state index in [2.05, 4.69) is 5.32 Å². The van der Waals surface area contributed by atoms with Gasteiger partial charge in [-0.05, 0) is 50.6 Å². The van der Waals surface area contributed by atoms with Gasteiger partial charge in [0.1, 0.15) is 0 Å². The van der Waals surface area contributed by atoms with Crippen LogP contribution in [0.2, 0.25) is 0 Å². The summed E-state index contributed by atoms with van der Waals surface area (Å²) < 4.78 is 27.0. The summed E-state index contributed by atoms with van der Waals surface area (Å²) >= 11 is 0. The van der Waals surface area contributed by atoms with E-state index >= 15 is 0 Å². The van der Waals surface area contributed by atoms with Crippen LogP contribution in [0, 0.1) is 6.92 Å². The van der Waals surface area contributed by atoms with Gasteiger partial charge in [0.25, 0.3) is 15.9 Å². The van der Waals surface area contributed by atoms with Crippen molar-refractivity contribution in [3.8, 4) is 0 Å². The molecule has 0 saturated carbocycles. The Hall–Kier alpha value is -2.34. The van der Waals surface area contributed by atoms with E-state index in [4.69, 9.17) is 0 Å². The SMILES string of the molecule is CCC(C)NC(=O)c1cccc(S(=O)(=O)N(C)c2ccc(C)cc2)c1. The fourth-order valence-corrected chi connectivity index (χ4v) is 3.50. The van der Waals surface area contributed by atoms with Crippen LogP contribution in [0.3, 0.4) is 0 Å². The summed E-state index contributed by atoms with van der Waals surface area (Å²) in [6, 6.07) is 13.4. The summed E-state index contributed by atoms with van der Waals surface area (Å²) in [6.45, 7) is 5.82. The smallest absolute Gasteiger partial charge is 0.264 e. The van der Waals surface area contributed by atoms with Crippen LogP contribution >= 0.6 is 0 Å². The summed E-state index contributed by atoms with van der Waals surface area (Å²) in [7, 11) is -2.24. The Bertz CT molecular complexity index is 845. The van der Waals surface area contributed by atoms with Crippen molar-refractivity contribution in [2.75, 3.05) is 11.4 Å². The first-order valence-corrected chi connectivity index (χ1v) is 9.66. The number of hydrogen-bond donors (Lipinski definition) is 1. The van der Waals surface area contributed by atoms with E-state index in [1.54, 1.807) is 24.3 Å². The fraction of sp³-hybridized carbons (Fsp3) is 0.316. The van der Waals surface area contributed by atoms with Crippen molar-refractivity contribution in [3.63, 3.8) is 0 Å². The van der Waals surface area contributed by atoms with Crippen molar-refractivity contribution >= 4 is 21.6 Å². The topological polar surface area (TPSA) is 66.5 Å². The lowest BCUT2D eigenvalue weighted by molar-refractivity contribution is 0.0939. The molecule has 0 aromatic heterocycles. The fourth-order valence-electron chi connectivity index (χ4n) is 2.26. The molecular weight excluding hydrogens is 336 g/mol. The third-order valence-electron chi connectivity index (χ3n) is 4.14. The van der Waals surface area contributed by atoms with Gasteiger partial charge in [-0.1, -0.05) is 30.7 Å². The molecule has 2 aromatic rings. The molecule has 0 saturated heterocycles. The molecule has 134 valence electrons. The monoisotopic (exact) mass is 360 g/mol. The minimum Gasteiger partial charge on any atom is -0.350 e. The Labute approximate surface area is 149 Å². The lowest BCUT2D eigenvalue weighted by Gasteiger charge is -2.20. The van der Waals surface area contributed by atoms with Crippen molar-refractivity contribution in [1.29, 1.82) is 0 Å². The highest BCUT2D eigenvalue weighted by molar-refractivity contribution is 7.92. The van der Waals surface area contributed by atoms with Gasteiger partial charge in [0.15, 0.2) is 0 Å². The minimum atomic E-state index is -3.74. The van der Waals surface area contributed by atoms with E-state index in [1.807, 2.05) is 32.9 Å². The van der Waals surface area contributed by atoms with Crippen LogP contribution in [-0.2, 0) is 10.0 Å². The minimum absolute atomic E-state index is 0.0306. The zero-order valence-corrected chi connectivity index (χ0v) is 15.8. The molecule has 0 fully saturated rings. The quantitative estimate of drug-likeness (QED) is 0.859. The number of nitrogens with one attached hydrogen (secondary N) is 1. The second-order valence-corrected chi connectivity index (χ2v) is 8.09. The molecule has 1 amide bonds. The molecule has 5 nitrogen and oxygen atoms in total. The molecule has 0 aliphatic heterocycles. The van der Waals surface area contributed by atoms with Crippen molar-refractivity contribution in [1.82, 2.24) is 5.32 Å². The average Bonchev–Trinajstić information content (AvgIpc) is 2.61. The molecule has 2 aromatic carbocycles. The predicted octanol–water partition coefficient (Wildman–Crippen LogP) is 3.35. The molecule has 0 bridgehead atoms.